The molecule has 0 N–H and O–H groups in total. The number of allylic oxidation sites excluding steroid dienone is 1. The van der Waals surface area contributed by atoms with Gasteiger partial charge in [-0.2, -0.15) is 4.39 Å². The lowest BCUT2D eigenvalue weighted by Gasteiger charge is -2.05. The van der Waals surface area contributed by atoms with Crippen LogP contribution in [0, 0.1) is 0 Å². The van der Waals surface area contributed by atoms with E-state index in [1.165, 1.54) is 6.92 Å². The van der Waals surface area contributed by atoms with Crippen molar-refractivity contribution in [3.05, 3.63) is 53.9 Å². The molecule has 0 aromatic heterocycles. The standard InChI is InChI=1S/C14H10ClFO2/c1-9(13(16)14(17)18-15)11-7-6-10-4-2-3-5-12(10)8-11/h2-8H,1H3/b13-9-. The van der Waals surface area contributed by atoms with Gasteiger partial charge in [0, 0.05) is 0 Å². The molecule has 0 radical (unpaired) electrons. The van der Waals surface area contributed by atoms with Gasteiger partial charge < -0.3 is 4.29 Å². The van der Waals surface area contributed by atoms with Gasteiger partial charge in [-0.25, -0.2) is 4.79 Å². The largest absolute Gasteiger partial charge is 0.385 e. The normalized spacial score (nSPS) is 12.2. The first-order chi connectivity index (χ1) is 8.63. The highest BCUT2D eigenvalue weighted by Gasteiger charge is 2.15. The van der Waals surface area contributed by atoms with Crippen molar-refractivity contribution in [3.63, 3.8) is 0 Å². The number of carbonyl (C=O) groups is 1. The Kier molecular flexibility index (Phi) is 3.63. The van der Waals surface area contributed by atoms with E-state index in [-0.39, 0.29) is 5.57 Å². The second kappa shape index (κ2) is 5.19. The number of rotatable bonds is 2. The highest BCUT2D eigenvalue weighted by atomic mass is 35.5. The van der Waals surface area contributed by atoms with Gasteiger partial charge in [-0.15, -0.1) is 0 Å². The number of fused-ring (bicyclic) bond motifs is 1. The Bertz CT molecular complexity index is 634. The van der Waals surface area contributed by atoms with Crippen LogP contribution in [-0.2, 0) is 9.08 Å². The molecule has 0 aliphatic carbocycles. The summed E-state index contributed by atoms with van der Waals surface area (Å²) in [5.74, 6) is -2.16. The molecule has 0 saturated heterocycles. The summed E-state index contributed by atoms with van der Waals surface area (Å²) in [5, 5.41) is 2.02. The van der Waals surface area contributed by atoms with Crippen LogP contribution in [0.5, 0.6) is 0 Å². The smallest absolute Gasteiger partial charge is 0.341 e. The van der Waals surface area contributed by atoms with E-state index in [2.05, 4.69) is 4.29 Å². The van der Waals surface area contributed by atoms with Crippen molar-refractivity contribution in [2.75, 3.05) is 0 Å². The number of carbonyl (C=O) groups excluding carboxylic acids is 1. The predicted octanol–water partition coefficient (Wildman–Crippen LogP) is 4.24. The fourth-order valence-electron chi connectivity index (χ4n) is 1.74. The molecule has 2 aromatic carbocycles. The Morgan fingerprint density at radius 2 is 1.83 bits per heavy atom. The SMILES string of the molecule is C/C(=C(/F)C(=O)OCl)c1ccc2ccccc2c1. The molecule has 0 unspecified atom stereocenters. The van der Waals surface area contributed by atoms with E-state index in [0.29, 0.717) is 5.56 Å². The second-order valence-corrected chi connectivity index (χ2v) is 4.02. The zero-order chi connectivity index (χ0) is 13.1. The Morgan fingerprint density at radius 1 is 1.17 bits per heavy atom. The maximum Gasteiger partial charge on any atom is 0.385 e. The van der Waals surface area contributed by atoms with Gasteiger partial charge in [0.1, 0.15) is 11.9 Å². The molecular weight excluding hydrogens is 255 g/mol. The first kappa shape index (κ1) is 12.6. The topological polar surface area (TPSA) is 26.3 Å². The summed E-state index contributed by atoms with van der Waals surface area (Å²) in [6, 6.07) is 13.1. The molecular formula is C14H10ClFO2. The average Bonchev–Trinajstić information content (AvgIpc) is 2.44. The van der Waals surface area contributed by atoms with Crippen molar-refractivity contribution >= 4 is 34.2 Å². The molecule has 0 saturated carbocycles. The minimum absolute atomic E-state index is 0.200. The van der Waals surface area contributed by atoms with Gasteiger partial charge in [0.25, 0.3) is 0 Å². The van der Waals surface area contributed by atoms with Crippen molar-refractivity contribution < 1.29 is 13.5 Å². The van der Waals surface area contributed by atoms with E-state index in [4.69, 9.17) is 11.9 Å². The third-order valence-electron chi connectivity index (χ3n) is 2.76. The summed E-state index contributed by atoms with van der Waals surface area (Å²) in [7, 11) is 0. The molecule has 0 fully saturated rings. The molecule has 92 valence electrons. The summed E-state index contributed by atoms with van der Waals surface area (Å²) in [6.45, 7) is 1.51. The highest BCUT2D eigenvalue weighted by molar-refractivity contribution is 6.16. The third-order valence-corrected chi connectivity index (χ3v) is 2.90. The fourth-order valence-corrected chi connectivity index (χ4v) is 1.80. The zero-order valence-electron chi connectivity index (χ0n) is 9.61. The van der Waals surface area contributed by atoms with Crippen LogP contribution < -0.4 is 0 Å². The van der Waals surface area contributed by atoms with Crippen LogP contribution in [0.15, 0.2) is 48.3 Å². The Balaban J connectivity index is 2.51. The van der Waals surface area contributed by atoms with Gasteiger partial charge >= 0.3 is 5.97 Å². The first-order valence-corrected chi connectivity index (χ1v) is 5.63. The number of hydrogen-bond donors (Lipinski definition) is 0. The molecule has 0 bridgehead atoms. The predicted molar refractivity (Wildman–Crippen MR) is 69.6 cm³/mol. The Labute approximate surface area is 109 Å². The van der Waals surface area contributed by atoms with Crippen LogP contribution in [-0.4, -0.2) is 5.97 Å². The Hall–Kier alpha value is -1.87. The molecule has 18 heavy (non-hydrogen) atoms. The molecule has 0 atom stereocenters. The van der Waals surface area contributed by atoms with Crippen LogP contribution in [0.25, 0.3) is 16.3 Å². The zero-order valence-corrected chi connectivity index (χ0v) is 10.4. The van der Waals surface area contributed by atoms with E-state index < -0.39 is 11.8 Å². The second-order valence-electron chi connectivity index (χ2n) is 3.87. The first-order valence-electron chi connectivity index (χ1n) is 5.32. The molecule has 2 aromatic rings. The molecule has 0 spiro atoms. The summed E-state index contributed by atoms with van der Waals surface area (Å²) < 4.78 is 17.4. The van der Waals surface area contributed by atoms with Crippen LogP contribution in [0.2, 0.25) is 0 Å². The molecule has 0 amide bonds. The van der Waals surface area contributed by atoms with E-state index in [1.54, 1.807) is 6.07 Å². The van der Waals surface area contributed by atoms with Crippen LogP contribution in [0.4, 0.5) is 4.39 Å². The van der Waals surface area contributed by atoms with Crippen molar-refractivity contribution in [1.82, 2.24) is 0 Å². The van der Waals surface area contributed by atoms with Crippen LogP contribution in [0.3, 0.4) is 0 Å². The molecule has 2 rings (SSSR count). The molecule has 0 heterocycles. The molecule has 0 aliphatic heterocycles. The number of benzene rings is 2. The summed E-state index contributed by atoms with van der Waals surface area (Å²) in [6.07, 6.45) is 0. The summed E-state index contributed by atoms with van der Waals surface area (Å²) in [5.41, 5.74) is 0.819. The van der Waals surface area contributed by atoms with Crippen molar-refractivity contribution in [2.24, 2.45) is 0 Å². The third kappa shape index (κ3) is 2.36. The van der Waals surface area contributed by atoms with E-state index in [0.717, 1.165) is 10.8 Å². The lowest BCUT2D eigenvalue weighted by atomic mass is 10.0. The van der Waals surface area contributed by atoms with Crippen molar-refractivity contribution in [3.8, 4) is 0 Å². The Morgan fingerprint density at radius 3 is 2.50 bits per heavy atom. The van der Waals surface area contributed by atoms with Crippen molar-refractivity contribution in [2.45, 2.75) is 6.92 Å². The molecule has 0 aliphatic rings. The van der Waals surface area contributed by atoms with Crippen molar-refractivity contribution in [1.29, 1.82) is 0 Å². The minimum atomic E-state index is -1.18. The lowest BCUT2D eigenvalue weighted by Crippen LogP contribution is -1.99. The van der Waals surface area contributed by atoms with Gasteiger partial charge in [-0.1, -0.05) is 36.4 Å². The van der Waals surface area contributed by atoms with Crippen LogP contribution in [0.1, 0.15) is 12.5 Å². The number of halogens is 2. The highest BCUT2D eigenvalue weighted by Crippen LogP contribution is 2.24. The van der Waals surface area contributed by atoms with Gasteiger partial charge in [-0.3, -0.25) is 0 Å². The lowest BCUT2D eigenvalue weighted by molar-refractivity contribution is -0.131. The maximum absolute atomic E-state index is 13.6. The van der Waals surface area contributed by atoms with Gasteiger partial charge in [0.15, 0.2) is 0 Å². The summed E-state index contributed by atoms with van der Waals surface area (Å²) in [4.78, 5) is 11.0. The summed E-state index contributed by atoms with van der Waals surface area (Å²) >= 11 is 4.85. The number of hydrogen-bond acceptors (Lipinski definition) is 2. The fraction of sp³-hybridized carbons (Fsp3) is 0.0714. The van der Waals surface area contributed by atoms with Gasteiger partial charge in [0.05, 0.1) is 0 Å². The van der Waals surface area contributed by atoms with Gasteiger partial charge in [-0.05, 0) is 34.9 Å². The van der Waals surface area contributed by atoms with Gasteiger partial charge in [0.2, 0.25) is 5.83 Å². The monoisotopic (exact) mass is 264 g/mol. The van der Waals surface area contributed by atoms with E-state index in [1.807, 2.05) is 36.4 Å². The quantitative estimate of drug-likeness (QED) is 0.759. The van der Waals surface area contributed by atoms with Crippen LogP contribution >= 0.6 is 11.9 Å². The maximum atomic E-state index is 13.6. The molecule has 4 heteroatoms. The molecule has 2 nitrogen and oxygen atoms in total. The average molecular weight is 265 g/mol. The minimum Gasteiger partial charge on any atom is -0.341 e. The van der Waals surface area contributed by atoms with E-state index in [9.17, 15) is 9.18 Å². The van der Waals surface area contributed by atoms with E-state index >= 15 is 0 Å².